The van der Waals surface area contributed by atoms with Gasteiger partial charge in [-0.2, -0.15) is 0 Å². The van der Waals surface area contributed by atoms with E-state index in [0.717, 1.165) is 16.7 Å². The molecule has 0 aromatic heterocycles. The van der Waals surface area contributed by atoms with Crippen molar-refractivity contribution >= 4 is 17.6 Å². The molecule has 3 N–H and O–H groups in total. The van der Waals surface area contributed by atoms with Gasteiger partial charge in [0, 0.05) is 11.3 Å². The summed E-state index contributed by atoms with van der Waals surface area (Å²) in [5.41, 5.74) is 3.83. The lowest BCUT2D eigenvalue weighted by Crippen LogP contribution is -2.26. The van der Waals surface area contributed by atoms with Crippen molar-refractivity contribution in [2.24, 2.45) is 5.41 Å². The molecule has 0 aliphatic carbocycles. The number of aliphatic hydroxyl groups excluding tert-OH is 1. The highest BCUT2D eigenvalue weighted by Gasteiger charge is 2.30. The summed E-state index contributed by atoms with van der Waals surface area (Å²) >= 11 is 0. The van der Waals surface area contributed by atoms with Gasteiger partial charge in [0.05, 0.1) is 11.5 Å². The Hall–Kier alpha value is -3.51. The van der Waals surface area contributed by atoms with E-state index >= 15 is 0 Å². The molecule has 3 aromatic rings. The second kappa shape index (κ2) is 9.55. The molecule has 33 heavy (non-hydrogen) atoms. The molecule has 1 unspecified atom stereocenters. The van der Waals surface area contributed by atoms with Gasteiger partial charge in [-0.15, -0.1) is 0 Å². The molecule has 0 bridgehead atoms. The van der Waals surface area contributed by atoms with Crippen LogP contribution in [0.25, 0.3) is 11.1 Å². The van der Waals surface area contributed by atoms with Gasteiger partial charge >= 0.3 is 5.97 Å². The highest BCUT2D eigenvalue weighted by atomic mass is 19.1. The van der Waals surface area contributed by atoms with Crippen LogP contribution in [0.3, 0.4) is 0 Å². The number of aliphatic hydroxyl groups is 1. The number of benzene rings is 3. The van der Waals surface area contributed by atoms with E-state index in [2.05, 4.69) is 5.32 Å². The summed E-state index contributed by atoms with van der Waals surface area (Å²) in [4.78, 5) is 23.8. The zero-order valence-corrected chi connectivity index (χ0v) is 19.1. The molecule has 172 valence electrons. The first-order valence-corrected chi connectivity index (χ1v) is 10.7. The number of aliphatic carboxylic acids is 1. The summed E-state index contributed by atoms with van der Waals surface area (Å²) in [6.45, 7) is 6.69. The molecule has 0 spiro atoms. The fourth-order valence-electron chi connectivity index (χ4n) is 3.55. The van der Waals surface area contributed by atoms with Crippen LogP contribution >= 0.6 is 0 Å². The Morgan fingerprint density at radius 3 is 2.15 bits per heavy atom. The third kappa shape index (κ3) is 5.65. The van der Waals surface area contributed by atoms with Gasteiger partial charge in [0.25, 0.3) is 5.91 Å². The Morgan fingerprint density at radius 1 is 0.939 bits per heavy atom. The molecular weight excluding hydrogens is 421 g/mol. The number of carbonyl (C=O) groups is 2. The normalized spacial score (nSPS) is 12.3. The Balaban J connectivity index is 1.73. The van der Waals surface area contributed by atoms with E-state index in [1.165, 1.54) is 18.2 Å². The van der Waals surface area contributed by atoms with E-state index in [1.54, 1.807) is 32.9 Å². The van der Waals surface area contributed by atoms with Gasteiger partial charge in [-0.1, -0.05) is 30.3 Å². The molecule has 0 heterocycles. The van der Waals surface area contributed by atoms with Crippen molar-refractivity contribution in [2.75, 3.05) is 5.32 Å². The van der Waals surface area contributed by atoms with E-state index in [-0.39, 0.29) is 18.1 Å². The molecule has 0 radical (unpaired) electrons. The smallest absolute Gasteiger partial charge is 0.309 e. The number of amides is 1. The fourth-order valence-corrected chi connectivity index (χ4v) is 3.55. The van der Waals surface area contributed by atoms with Gasteiger partial charge in [-0.05, 0) is 92.3 Å². The minimum absolute atomic E-state index is 0.114. The molecule has 6 heteroatoms. The van der Waals surface area contributed by atoms with Crippen LogP contribution in [0, 0.1) is 25.1 Å². The second-order valence-electron chi connectivity index (χ2n) is 8.98. The quantitative estimate of drug-likeness (QED) is 0.419. The summed E-state index contributed by atoms with van der Waals surface area (Å²) in [5.74, 6) is -1.61. The molecule has 0 aliphatic heterocycles. The van der Waals surface area contributed by atoms with Crippen LogP contribution in [0.15, 0.2) is 60.7 Å². The highest BCUT2D eigenvalue weighted by molar-refractivity contribution is 6.04. The van der Waals surface area contributed by atoms with Crippen molar-refractivity contribution in [3.05, 3.63) is 88.7 Å². The summed E-state index contributed by atoms with van der Waals surface area (Å²) in [6.07, 6.45) is -0.762. The maximum absolute atomic E-state index is 13.5. The number of nitrogens with one attached hydrogen (secondary N) is 1. The summed E-state index contributed by atoms with van der Waals surface area (Å²) < 4.78 is 13.5. The van der Waals surface area contributed by atoms with Crippen LogP contribution in [0.2, 0.25) is 0 Å². The monoisotopic (exact) mass is 449 g/mol. The highest BCUT2D eigenvalue weighted by Crippen LogP contribution is 2.32. The second-order valence-corrected chi connectivity index (χ2v) is 8.98. The molecule has 0 saturated carbocycles. The zero-order chi connectivity index (χ0) is 24.3. The third-order valence-corrected chi connectivity index (χ3v) is 5.81. The Bertz CT molecular complexity index is 1190. The number of hydrogen-bond donors (Lipinski definition) is 3. The average Bonchev–Trinajstić information content (AvgIpc) is 2.76. The largest absolute Gasteiger partial charge is 0.481 e. The van der Waals surface area contributed by atoms with Gasteiger partial charge < -0.3 is 15.5 Å². The molecule has 3 aromatic carbocycles. The first kappa shape index (κ1) is 24.1. The number of carbonyl (C=O) groups excluding carboxylic acids is 1. The number of anilines is 1. The molecule has 5 nitrogen and oxygen atoms in total. The van der Waals surface area contributed by atoms with Crippen LogP contribution < -0.4 is 5.32 Å². The lowest BCUT2D eigenvalue weighted by molar-refractivity contribution is -0.148. The number of aryl methyl sites for hydroxylation is 2. The third-order valence-electron chi connectivity index (χ3n) is 5.81. The molecule has 0 fully saturated rings. The minimum Gasteiger partial charge on any atom is -0.481 e. The van der Waals surface area contributed by atoms with Crippen LogP contribution in [-0.4, -0.2) is 22.1 Å². The van der Waals surface area contributed by atoms with E-state index in [4.69, 9.17) is 0 Å². The molecule has 3 rings (SSSR count). The standard InChI is InChI=1S/C27H28FNO4/c1-16-13-21(9-11-22(16)28)25(31)29-23-12-10-20(14-17(23)2)18-5-7-19(8-6-18)24(30)15-27(3,4)26(32)33/h5-14,24,30H,15H2,1-4H3,(H,29,31)(H,32,33). The predicted octanol–water partition coefficient (Wildman–Crippen LogP) is 5.90. The number of rotatable bonds is 7. The lowest BCUT2D eigenvalue weighted by atomic mass is 9.84. The number of hydrogen-bond acceptors (Lipinski definition) is 3. The Kier molecular flexibility index (Phi) is 6.98. The molecular formula is C27H28FNO4. The van der Waals surface area contributed by atoms with E-state index in [9.17, 15) is 24.2 Å². The van der Waals surface area contributed by atoms with Crippen molar-refractivity contribution in [2.45, 2.75) is 40.2 Å². The van der Waals surface area contributed by atoms with E-state index < -0.39 is 17.5 Å². The van der Waals surface area contributed by atoms with Crippen LogP contribution in [0.1, 0.15) is 53.4 Å². The predicted molar refractivity (Wildman–Crippen MR) is 127 cm³/mol. The molecule has 1 amide bonds. The van der Waals surface area contributed by atoms with Gasteiger partial charge in [0.1, 0.15) is 5.82 Å². The topological polar surface area (TPSA) is 86.6 Å². The van der Waals surface area contributed by atoms with Gasteiger partial charge in [0.2, 0.25) is 0 Å². The van der Waals surface area contributed by atoms with Crippen LogP contribution in [-0.2, 0) is 4.79 Å². The van der Waals surface area contributed by atoms with Crippen molar-refractivity contribution in [1.29, 1.82) is 0 Å². The number of halogens is 1. The first-order valence-electron chi connectivity index (χ1n) is 10.7. The van der Waals surface area contributed by atoms with Crippen molar-refractivity contribution < 1.29 is 24.2 Å². The minimum atomic E-state index is -1.03. The lowest BCUT2D eigenvalue weighted by Gasteiger charge is -2.23. The number of carboxylic acids is 1. The van der Waals surface area contributed by atoms with E-state index in [1.807, 2.05) is 37.3 Å². The van der Waals surface area contributed by atoms with Gasteiger partial charge in [-0.25, -0.2) is 4.39 Å². The van der Waals surface area contributed by atoms with Crippen LogP contribution in [0.5, 0.6) is 0 Å². The van der Waals surface area contributed by atoms with E-state index in [0.29, 0.717) is 22.4 Å². The molecule has 0 aliphatic rings. The summed E-state index contributed by atoms with van der Waals surface area (Å²) in [5, 5.41) is 22.6. The van der Waals surface area contributed by atoms with Crippen molar-refractivity contribution in [3.8, 4) is 11.1 Å². The average molecular weight is 450 g/mol. The Morgan fingerprint density at radius 2 is 1.58 bits per heavy atom. The Labute approximate surface area is 192 Å². The maximum atomic E-state index is 13.5. The van der Waals surface area contributed by atoms with Crippen molar-refractivity contribution in [1.82, 2.24) is 0 Å². The molecule has 1 atom stereocenters. The molecule has 0 saturated heterocycles. The van der Waals surface area contributed by atoms with Gasteiger partial charge in [-0.3, -0.25) is 9.59 Å². The maximum Gasteiger partial charge on any atom is 0.309 e. The zero-order valence-electron chi connectivity index (χ0n) is 19.1. The van der Waals surface area contributed by atoms with Crippen molar-refractivity contribution in [3.63, 3.8) is 0 Å². The fraction of sp³-hybridized carbons (Fsp3) is 0.259. The van der Waals surface area contributed by atoms with Crippen LogP contribution in [0.4, 0.5) is 10.1 Å². The summed E-state index contributed by atoms with van der Waals surface area (Å²) in [7, 11) is 0. The first-order chi connectivity index (χ1) is 15.5. The van der Waals surface area contributed by atoms with Gasteiger partial charge in [0.15, 0.2) is 0 Å². The number of carboxylic acid groups (broad SMARTS) is 1. The SMILES string of the molecule is Cc1cc(C(=O)Nc2ccc(-c3ccc(C(O)CC(C)(C)C(=O)O)cc3)cc2C)ccc1F. The summed E-state index contributed by atoms with van der Waals surface area (Å²) in [6, 6.07) is 17.2.